The summed E-state index contributed by atoms with van der Waals surface area (Å²) in [6.45, 7) is 1.47. The molecule has 0 fully saturated rings. The van der Waals surface area contributed by atoms with Crippen molar-refractivity contribution in [2.24, 2.45) is 0 Å². The van der Waals surface area contributed by atoms with Crippen LogP contribution in [0.15, 0.2) is 41.3 Å². The normalized spacial score (nSPS) is 12.8. The Balaban J connectivity index is 1.56. The van der Waals surface area contributed by atoms with Crippen LogP contribution in [0.4, 0.5) is 8.78 Å². The van der Waals surface area contributed by atoms with E-state index in [1.54, 1.807) is 11.9 Å². The lowest BCUT2D eigenvalue weighted by Gasteiger charge is -2.21. The molecule has 3 rings (SSSR count). The Hall–Kier alpha value is -2.28. The summed E-state index contributed by atoms with van der Waals surface area (Å²) in [5, 5.41) is 0. The minimum Gasteiger partial charge on any atom is -0.486 e. The van der Waals surface area contributed by atoms with Crippen LogP contribution >= 0.6 is 11.8 Å². The van der Waals surface area contributed by atoms with Crippen LogP contribution in [-0.4, -0.2) is 36.8 Å². The third-order valence-corrected chi connectivity index (χ3v) is 4.68. The van der Waals surface area contributed by atoms with Crippen LogP contribution in [0.2, 0.25) is 0 Å². The van der Waals surface area contributed by atoms with Gasteiger partial charge in [-0.25, -0.2) is 8.78 Å². The van der Waals surface area contributed by atoms with Crippen LogP contribution in [-0.2, 0) is 11.3 Å². The average molecular weight is 365 g/mol. The van der Waals surface area contributed by atoms with Gasteiger partial charge in [-0.3, -0.25) is 4.79 Å². The zero-order valence-corrected chi connectivity index (χ0v) is 14.4. The smallest absolute Gasteiger partial charge is 0.232 e. The zero-order chi connectivity index (χ0) is 17.8. The van der Waals surface area contributed by atoms with Crippen molar-refractivity contribution < 1.29 is 23.0 Å². The summed E-state index contributed by atoms with van der Waals surface area (Å²) in [6, 6.07) is 9.19. The molecule has 1 amide bonds. The van der Waals surface area contributed by atoms with Crippen LogP contribution in [0.5, 0.6) is 11.5 Å². The average Bonchev–Trinajstić information content (AvgIpc) is 2.62. The van der Waals surface area contributed by atoms with Crippen molar-refractivity contribution >= 4 is 17.7 Å². The van der Waals surface area contributed by atoms with E-state index < -0.39 is 11.6 Å². The van der Waals surface area contributed by atoms with E-state index in [1.807, 2.05) is 18.2 Å². The molecule has 2 aromatic rings. The number of hydrogen-bond donors (Lipinski definition) is 0. The lowest BCUT2D eigenvalue weighted by atomic mass is 10.2. The second-order valence-electron chi connectivity index (χ2n) is 5.59. The lowest BCUT2D eigenvalue weighted by molar-refractivity contribution is -0.127. The third kappa shape index (κ3) is 4.42. The van der Waals surface area contributed by atoms with Crippen molar-refractivity contribution in [2.75, 3.05) is 26.0 Å². The number of thioether (sulfide) groups is 1. The van der Waals surface area contributed by atoms with Gasteiger partial charge in [0.15, 0.2) is 23.1 Å². The number of hydrogen-bond acceptors (Lipinski definition) is 4. The van der Waals surface area contributed by atoms with Crippen molar-refractivity contribution in [3.63, 3.8) is 0 Å². The number of halogens is 2. The first kappa shape index (κ1) is 17.5. The third-order valence-electron chi connectivity index (χ3n) is 3.71. The van der Waals surface area contributed by atoms with Crippen molar-refractivity contribution in [1.82, 2.24) is 4.90 Å². The maximum Gasteiger partial charge on any atom is 0.232 e. The Labute approximate surface area is 148 Å². The Morgan fingerprint density at radius 3 is 2.60 bits per heavy atom. The number of rotatable bonds is 5. The zero-order valence-electron chi connectivity index (χ0n) is 13.6. The van der Waals surface area contributed by atoms with Crippen molar-refractivity contribution in [2.45, 2.75) is 11.4 Å². The molecule has 0 aromatic heterocycles. The van der Waals surface area contributed by atoms with Crippen LogP contribution in [0, 0.1) is 11.6 Å². The molecule has 0 atom stereocenters. The molecule has 0 spiro atoms. The first-order chi connectivity index (χ1) is 12.0. The summed E-state index contributed by atoms with van der Waals surface area (Å²) in [4.78, 5) is 14.3. The van der Waals surface area contributed by atoms with Gasteiger partial charge < -0.3 is 14.4 Å². The second kappa shape index (κ2) is 7.74. The molecule has 0 bridgehead atoms. The number of fused-ring (bicyclic) bond motifs is 1. The predicted octanol–water partition coefficient (Wildman–Crippen LogP) is 3.49. The molecule has 0 radical (unpaired) electrons. The van der Waals surface area contributed by atoms with E-state index in [9.17, 15) is 13.6 Å². The fourth-order valence-corrected chi connectivity index (χ4v) is 3.23. The van der Waals surface area contributed by atoms with E-state index in [0.29, 0.717) is 36.2 Å². The van der Waals surface area contributed by atoms with E-state index in [2.05, 4.69) is 0 Å². The van der Waals surface area contributed by atoms with Gasteiger partial charge in [0.25, 0.3) is 0 Å². The predicted molar refractivity (Wildman–Crippen MR) is 91.0 cm³/mol. The van der Waals surface area contributed by atoms with Crippen LogP contribution in [0.3, 0.4) is 0 Å². The molecule has 4 nitrogen and oxygen atoms in total. The summed E-state index contributed by atoms with van der Waals surface area (Å²) in [7, 11) is 1.70. The van der Waals surface area contributed by atoms with Crippen molar-refractivity contribution in [1.29, 1.82) is 0 Å². The molecule has 25 heavy (non-hydrogen) atoms. The molecule has 1 aliphatic rings. The monoisotopic (exact) mass is 365 g/mol. The number of nitrogens with zero attached hydrogens (tertiary/aromatic N) is 1. The Morgan fingerprint density at radius 1 is 1.08 bits per heavy atom. The molecule has 0 aliphatic carbocycles. The van der Waals surface area contributed by atoms with Crippen molar-refractivity contribution in [3.05, 3.63) is 53.6 Å². The molecule has 1 aliphatic heterocycles. The van der Waals surface area contributed by atoms with Gasteiger partial charge in [-0.15, -0.1) is 11.8 Å². The highest BCUT2D eigenvalue weighted by atomic mass is 32.2. The molecule has 0 unspecified atom stereocenters. The maximum absolute atomic E-state index is 13.2. The minimum atomic E-state index is -0.915. The van der Waals surface area contributed by atoms with Gasteiger partial charge in [0.05, 0.1) is 5.75 Å². The number of ether oxygens (including phenoxy) is 2. The fraction of sp³-hybridized carbons (Fsp3) is 0.278. The molecule has 2 aromatic carbocycles. The number of benzene rings is 2. The summed E-state index contributed by atoms with van der Waals surface area (Å²) in [5.74, 6) is -0.386. The molecule has 0 saturated heterocycles. The van der Waals surface area contributed by atoms with Gasteiger partial charge in [-0.2, -0.15) is 0 Å². The minimum absolute atomic E-state index is 0.107. The summed E-state index contributed by atoms with van der Waals surface area (Å²) in [6.07, 6.45) is 0. The summed E-state index contributed by atoms with van der Waals surface area (Å²) >= 11 is 1.17. The molecule has 0 saturated carbocycles. The van der Waals surface area contributed by atoms with E-state index in [4.69, 9.17) is 9.47 Å². The Morgan fingerprint density at radius 2 is 1.84 bits per heavy atom. The lowest BCUT2D eigenvalue weighted by Crippen LogP contribution is -2.27. The van der Waals surface area contributed by atoms with Crippen molar-refractivity contribution in [3.8, 4) is 11.5 Å². The maximum atomic E-state index is 13.2. The summed E-state index contributed by atoms with van der Waals surface area (Å²) < 4.78 is 37.1. The first-order valence-electron chi connectivity index (χ1n) is 7.73. The summed E-state index contributed by atoms with van der Waals surface area (Å²) in [5.41, 5.74) is 0.929. The Kier molecular flexibility index (Phi) is 5.43. The van der Waals surface area contributed by atoms with E-state index in [-0.39, 0.29) is 11.7 Å². The molecule has 7 heteroatoms. The SMILES string of the molecule is CN(Cc1ccc2c(c1)OCCO2)C(=O)CSc1ccc(F)c(F)c1. The highest BCUT2D eigenvalue weighted by Crippen LogP contribution is 2.31. The van der Waals surface area contributed by atoms with Gasteiger partial charge in [-0.1, -0.05) is 6.07 Å². The molecule has 0 N–H and O–H groups in total. The van der Waals surface area contributed by atoms with Crippen LogP contribution in [0.25, 0.3) is 0 Å². The van der Waals surface area contributed by atoms with Gasteiger partial charge in [-0.05, 0) is 35.9 Å². The molecule has 132 valence electrons. The fourth-order valence-electron chi connectivity index (χ4n) is 2.37. The van der Waals surface area contributed by atoms with Gasteiger partial charge >= 0.3 is 0 Å². The highest BCUT2D eigenvalue weighted by Gasteiger charge is 2.15. The number of carbonyl (C=O) groups excluding carboxylic acids is 1. The van der Waals surface area contributed by atoms with Crippen LogP contribution in [0.1, 0.15) is 5.56 Å². The molecular formula is C18H17F2NO3S. The molecule has 1 heterocycles. The highest BCUT2D eigenvalue weighted by molar-refractivity contribution is 8.00. The number of carbonyl (C=O) groups is 1. The Bertz CT molecular complexity index is 785. The van der Waals surface area contributed by atoms with E-state index in [1.165, 1.54) is 17.8 Å². The van der Waals surface area contributed by atoms with Crippen LogP contribution < -0.4 is 9.47 Å². The quantitative estimate of drug-likeness (QED) is 0.761. The van der Waals surface area contributed by atoms with Gasteiger partial charge in [0.1, 0.15) is 13.2 Å². The largest absolute Gasteiger partial charge is 0.486 e. The molecular weight excluding hydrogens is 348 g/mol. The van der Waals surface area contributed by atoms with Gasteiger partial charge in [0, 0.05) is 18.5 Å². The van der Waals surface area contributed by atoms with E-state index in [0.717, 1.165) is 17.7 Å². The number of amides is 1. The standard InChI is InChI=1S/C18H17F2NO3S/c1-21(10-12-2-5-16-17(8-12)24-7-6-23-16)18(22)11-25-13-3-4-14(19)15(20)9-13/h2-5,8-9H,6-7,10-11H2,1H3. The van der Waals surface area contributed by atoms with Gasteiger partial charge in [0.2, 0.25) is 5.91 Å². The van der Waals surface area contributed by atoms with E-state index >= 15 is 0 Å². The topological polar surface area (TPSA) is 38.8 Å². The second-order valence-corrected chi connectivity index (χ2v) is 6.64. The first-order valence-corrected chi connectivity index (χ1v) is 8.72.